The van der Waals surface area contributed by atoms with Crippen LogP contribution in [0.25, 0.3) is 170 Å². The number of hydrogen-bond donors (Lipinski definition) is 0. The predicted molar refractivity (Wildman–Crippen MR) is 299 cm³/mol. The number of hydrogen-bond acceptors (Lipinski definition) is 2. The van der Waals surface area contributed by atoms with E-state index >= 15 is 0 Å². The van der Waals surface area contributed by atoms with E-state index in [4.69, 9.17) is 4.98 Å². The molecule has 0 saturated carbocycles. The van der Waals surface area contributed by atoms with Crippen molar-refractivity contribution in [3.8, 4) is 66.8 Å². The maximum Gasteiger partial charge on any atom is 0.264 e. The van der Waals surface area contributed by atoms with Gasteiger partial charge in [0.25, 0.3) is 5.56 Å². The molecule has 16 aromatic rings. The highest BCUT2D eigenvalue weighted by Gasteiger charge is 2.35. The van der Waals surface area contributed by atoms with Crippen molar-refractivity contribution in [3.05, 3.63) is 229 Å². The second-order valence-electron chi connectivity index (χ2n) is 19.5. The highest BCUT2D eigenvalue weighted by molar-refractivity contribution is 6.45. The number of nitrogens with zero attached hydrogens (tertiary/aromatic N) is 2. The smallest absolute Gasteiger partial charge is 0.264 e. The van der Waals surface area contributed by atoms with Crippen LogP contribution < -0.4 is 5.56 Å². The Kier molecular flexibility index (Phi) is 7.09. The molecule has 0 spiro atoms. The van der Waals surface area contributed by atoms with Gasteiger partial charge in [-0.05, 0) is 161 Å². The van der Waals surface area contributed by atoms with Crippen LogP contribution in [0.1, 0.15) is 0 Å². The quantitative estimate of drug-likeness (QED) is 0.130. The minimum Gasteiger partial charge on any atom is -0.268 e. The van der Waals surface area contributed by atoms with E-state index in [0.717, 1.165) is 43.4 Å². The zero-order valence-electron chi connectivity index (χ0n) is 38.1. The summed E-state index contributed by atoms with van der Waals surface area (Å²) in [5.41, 5.74) is 17.3. The van der Waals surface area contributed by atoms with Gasteiger partial charge in [0, 0.05) is 16.2 Å². The summed E-state index contributed by atoms with van der Waals surface area (Å²) >= 11 is 0. The van der Waals surface area contributed by atoms with Crippen molar-refractivity contribution in [1.82, 2.24) is 9.38 Å². The third-order valence-electron chi connectivity index (χ3n) is 16.2. The van der Waals surface area contributed by atoms with E-state index in [-0.39, 0.29) is 5.56 Å². The standard InChI is InChI=1S/C68H36N2O/c71-68-52-36-32-48-44-28-26-42-46-30-34-50-63-49(33-29-45(61(46)63)41-25-27-43(60(44)59(41)42)47-31-35-51(64(52)62(47)48)67-69-53-23-13-14-24-54(53)70(67)68)65-57(39-19-9-3-10-20-39)55(37-15-5-1-6-16-37)56(38-17-7-2-8-18-38)58(66(50)65)40-21-11-4-12-22-40/h1-36H. The van der Waals surface area contributed by atoms with E-state index in [1.807, 2.05) is 24.3 Å². The number of pyridine rings is 1. The van der Waals surface area contributed by atoms with Crippen molar-refractivity contribution >= 4 is 103 Å². The molecule has 3 nitrogen and oxygen atoms in total. The first kappa shape index (κ1) is 37.5. The molecule has 2 aromatic heterocycles. The molecule has 0 bridgehead atoms. The summed E-state index contributed by atoms with van der Waals surface area (Å²) in [6.07, 6.45) is 0. The number of benzene rings is 14. The molecular formula is C68H36N2O. The molecule has 14 aromatic carbocycles. The lowest BCUT2D eigenvalue weighted by Crippen LogP contribution is -2.13. The Balaban J connectivity index is 1.01. The molecule has 0 radical (unpaired) electrons. The van der Waals surface area contributed by atoms with E-state index < -0.39 is 0 Å². The highest BCUT2D eigenvalue weighted by Crippen LogP contribution is 2.62. The van der Waals surface area contributed by atoms with Gasteiger partial charge in [0.1, 0.15) is 5.65 Å². The first-order chi connectivity index (χ1) is 35.2. The van der Waals surface area contributed by atoms with Crippen LogP contribution in [0, 0.1) is 0 Å². The molecule has 1 aliphatic carbocycles. The molecule has 0 N–H and O–H groups in total. The molecular weight excluding hydrogens is 861 g/mol. The van der Waals surface area contributed by atoms with Gasteiger partial charge in [-0.25, -0.2) is 4.98 Å². The third-order valence-corrected chi connectivity index (χ3v) is 16.2. The largest absolute Gasteiger partial charge is 0.268 e. The summed E-state index contributed by atoms with van der Waals surface area (Å²) < 4.78 is 1.80. The third kappa shape index (κ3) is 4.64. The van der Waals surface area contributed by atoms with Crippen molar-refractivity contribution in [2.24, 2.45) is 0 Å². The van der Waals surface area contributed by atoms with E-state index in [1.165, 1.54) is 121 Å². The van der Waals surface area contributed by atoms with Crippen LogP contribution in [0.4, 0.5) is 0 Å². The van der Waals surface area contributed by atoms with Crippen LogP contribution >= 0.6 is 0 Å². The summed E-state index contributed by atoms with van der Waals surface area (Å²) in [5, 5.41) is 18.8. The van der Waals surface area contributed by atoms with Crippen LogP contribution in [0.3, 0.4) is 0 Å². The van der Waals surface area contributed by atoms with Gasteiger partial charge in [0.15, 0.2) is 0 Å². The lowest BCUT2D eigenvalue weighted by molar-refractivity contribution is 1.19. The molecule has 0 aliphatic heterocycles. The van der Waals surface area contributed by atoms with Gasteiger partial charge >= 0.3 is 0 Å². The number of imidazole rings is 1. The minimum absolute atomic E-state index is 0.0248. The first-order valence-corrected chi connectivity index (χ1v) is 24.5. The molecule has 2 heterocycles. The number of fused-ring (bicyclic) bond motifs is 11. The maximum absolute atomic E-state index is 14.5. The van der Waals surface area contributed by atoms with Crippen LogP contribution in [0.5, 0.6) is 0 Å². The predicted octanol–water partition coefficient (Wildman–Crippen LogP) is 17.7. The van der Waals surface area contributed by atoms with E-state index in [9.17, 15) is 4.79 Å². The van der Waals surface area contributed by atoms with Gasteiger partial charge in [-0.15, -0.1) is 0 Å². The topological polar surface area (TPSA) is 34.4 Å². The lowest BCUT2D eigenvalue weighted by Gasteiger charge is -2.26. The second kappa shape index (κ2) is 13.4. The fourth-order valence-electron chi connectivity index (χ4n) is 13.5. The van der Waals surface area contributed by atoms with Gasteiger partial charge in [-0.1, -0.05) is 194 Å². The SMILES string of the molecule is O=c1c2ccc3c4ccc5c6ccc7c8c(ccc(c9ccc(c%10ccc(c2c3%10)c2nc3ccccc3n12)c4c59)c86)-c1c(-c2ccccc2)c(-c2ccccc2)c(-c2ccccc2)c(-c2ccccc2)c1-7. The zero-order valence-corrected chi connectivity index (χ0v) is 38.1. The minimum atomic E-state index is -0.0248. The first-order valence-electron chi connectivity index (χ1n) is 24.5. The Bertz CT molecular complexity index is 4810. The van der Waals surface area contributed by atoms with Gasteiger partial charge in [0.05, 0.1) is 11.0 Å². The highest BCUT2D eigenvalue weighted by atomic mass is 16.1. The summed E-state index contributed by atoms with van der Waals surface area (Å²) in [7, 11) is 0. The molecule has 0 unspecified atom stereocenters. The number of aromatic nitrogens is 2. The molecule has 0 saturated heterocycles. The summed E-state index contributed by atoms with van der Waals surface area (Å²) in [6, 6.07) is 80.0. The van der Waals surface area contributed by atoms with Crippen LogP contribution in [-0.2, 0) is 0 Å². The van der Waals surface area contributed by atoms with Gasteiger partial charge < -0.3 is 0 Å². The normalized spacial score (nSPS) is 12.6. The van der Waals surface area contributed by atoms with E-state index in [1.54, 1.807) is 4.40 Å². The summed E-state index contributed by atoms with van der Waals surface area (Å²) in [6.45, 7) is 0. The Labute approximate surface area is 405 Å². The summed E-state index contributed by atoms with van der Waals surface area (Å²) in [5.74, 6) is 0. The molecule has 324 valence electrons. The van der Waals surface area contributed by atoms with Gasteiger partial charge in [0.2, 0.25) is 0 Å². The van der Waals surface area contributed by atoms with E-state index in [2.05, 4.69) is 194 Å². The average Bonchev–Trinajstić information content (AvgIpc) is 4.00. The van der Waals surface area contributed by atoms with Crippen LogP contribution in [-0.4, -0.2) is 9.38 Å². The van der Waals surface area contributed by atoms with Crippen molar-refractivity contribution in [2.45, 2.75) is 0 Å². The van der Waals surface area contributed by atoms with Crippen molar-refractivity contribution in [3.63, 3.8) is 0 Å². The number of rotatable bonds is 4. The average molecular weight is 897 g/mol. The summed E-state index contributed by atoms with van der Waals surface area (Å²) in [4.78, 5) is 19.5. The van der Waals surface area contributed by atoms with Gasteiger partial charge in [-0.2, -0.15) is 0 Å². The second-order valence-corrected chi connectivity index (χ2v) is 19.5. The molecule has 71 heavy (non-hydrogen) atoms. The van der Waals surface area contributed by atoms with Crippen molar-refractivity contribution < 1.29 is 0 Å². The van der Waals surface area contributed by atoms with Crippen LogP contribution in [0.2, 0.25) is 0 Å². The number of para-hydroxylation sites is 2. The van der Waals surface area contributed by atoms with E-state index in [0.29, 0.717) is 5.65 Å². The fraction of sp³-hybridized carbons (Fsp3) is 0. The Morgan fingerprint density at radius 2 is 0.577 bits per heavy atom. The molecule has 3 heteroatoms. The maximum atomic E-state index is 14.5. The Morgan fingerprint density at radius 3 is 1.00 bits per heavy atom. The monoisotopic (exact) mass is 896 g/mol. The molecule has 17 rings (SSSR count). The van der Waals surface area contributed by atoms with Crippen molar-refractivity contribution in [1.29, 1.82) is 0 Å². The van der Waals surface area contributed by atoms with Crippen molar-refractivity contribution in [2.75, 3.05) is 0 Å². The Hall–Kier alpha value is -9.44. The van der Waals surface area contributed by atoms with Crippen LogP contribution in [0.15, 0.2) is 223 Å². The molecule has 0 amide bonds. The zero-order chi connectivity index (χ0) is 46.2. The fourth-order valence-corrected chi connectivity index (χ4v) is 13.5. The molecule has 1 aliphatic rings. The Morgan fingerprint density at radius 1 is 0.268 bits per heavy atom. The molecule has 0 fully saturated rings. The molecule has 0 atom stereocenters. The lowest BCUT2D eigenvalue weighted by atomic mass is 9.76. The van der Waals surface area contributed by atoms with Gasteiger partial charge in [-0.3, -0.25) is 9.20 Å².